The van der Waals surface area contributed by atoms with E-state index in [1.54, 1.807) is 12.1 Å². The normalized spacial score (nSPS) is 14.7. The summed E-state index contributed by atoms with van der Waals surface area (Å²) in [4.78, 5) is 24.3. The largest absolute Gasteiger partial charge is 0.493 e. The SMILES string of the molecule is CN1CCOc2cc(N)ccc21.CN1CCOc2cc([N+](=O)[O-])ccc21.O=[N+]([O-])c1ccc2c(c1)OCCC2.[HH]. The Labute approximate surface area is 227 Å². The van der Waals surface area contributed by atoms with E-state index in [0.29, 0.717) is 24.7 Å². The molecule has 0 radical (unpaired) electrons. The van der Waals surface area contributed by atoms with Crippen LogP contribution in [0.4, 0.5) is 28.4 Å². The second-order valence-corrected chi connectivity index (χ2v) is 9.18. The summed E-state index contributed by atoms with van der Waals surface area (Å²) in [5.41, 5.74) is 9.64. The van der Waals surface area contributed by atoms with E-state index in [1.165, 1.54) is 24.3 Å². The van der Waals surface area contributed by atoms with Gasteiger partial charge in [0.1, 0.15) is 30.5 Å². The molecule has 0 spiro atoms. The first-order valence-electron chi connectivity index (χ1n) is 12.5. The van der Waals surface area contributed by atoms with E-state index in [9.17, 15) is 20.2 Å². The molecule has 0 bridgehead atoms. The van der Waals surface area contributed by atoms with E-state index in [2.05, 4.69) is 11.9 Å². The van der Waals surface area contributed by atoms with Crippen LogP contribution < -0.4 is 29.7 Å². The van der Waals surface area contributed by atoms with E-state index in [-0.39, 0.29) is 12.8 Å². The van der Waals surface area contributed by atoms with Crippen molar-refractivity contribution in [3.05, 3.63) is 80.4 Å². The van der Waals surface area contributed by atoms with Gasteiger partial charge < -0.3 is 29.7 Å². The van der Waals surface area contributed by atoms with E-state index in [0.717, 1.165) is 60.9 Å². The quantitative estimate of drug-likeness (QED) is 0.276. The lowest BCUT2D eigenvalue weighted by atomic mass is 10.1. The molecular formula is C27H33N5O7. The molecular weight excluding hydrogens is 506 g/mol. The van der Waals surface area contributed by atoms with Gasteiger partial charge in [0.15, 0.2) is 0 Å². The first kappa shape index (κ1) is 27.3. The third kappa shape index (κ3) is 6.78. The van der Waals surface area contributed by atoms with Gasteiger partial charge in [0.2, 0.25) is 0 Å². The number of anilines is 3. The minimum Gasteiger partial charge on any atom is -0.493 e. The number of rotatable bonds is 2. The number of nitrogen functional groups attached to an aromatic ring is 1. The lowest BCUT2D eigenvalue weighted by molar-refractivity contribution is -0.385. The number of hydrogen-bond donors (Lipinski definition) is 1. The third-order valence-corrected chi connectivity index (χ3v) is 6.44. The van der Waals surface area contributed by atoms with Crippen LogP contribution in [0, 0.1) is 20.2 Å². The van der Waals surface area contributed by atoms with E-state index >= 15 is 0 Å². The van der Waals surface area contributed by atoms with Crippen LogP contribution in [-0.2, 0) is 6.42 Å². The highest BCUT2D eigenvalue weighted by Crippen LogP contribution is 2.34. The van der Waals surface area contributed by atoms with Crippen molar-refractivity contribution in [2.75, 3.05) is 62.5 Å². The van der Waals surface area contributed by atoms with Crippen molar-refractivity contribution in [1.82, 2.24) is 0 Å². The average Bonchev–Trinajstić information content (AvgIpc) is 2.93. The molecule has 0 saturated carbocycles. The Kier molecular flexibility index (Phi) is 8.54. The molecule has 3 heterocycles. The van der Waals surface area contributed by atoms with Crippen LogP contribution in [0.1, 0.15) is 13.4 Å². The van der Waals surface area contributed by atoms with Crippen LogP contribution in [-0.4, -0.2) is 56.9 Å². The summed E-state index contributed by atoms with van der Waals surface area (Å²) in [6.07, 6.45) is 1.94. The Morgan fingerprint density at radius 2 is 1.26 bits per heavy atom. The first-order valence-corrected chi connectivity index (χ1v) is 12.5. The molecule has 0 aromatic heterocycles. The number of benzene rings is 3. The summed E-state index contributed by atoms with van der Waals surface area (Å²) in [6.45, 7) is 3.73. The number of nitrogens with two attached hydrogens (primary N) is 1. The molecule has 12 heteroatoms. The van der Waals surface area contributed by atoms with Crippen LogP contribution >= 0.6 is 0 Å². The number of non-ortho nitro benzene ring substituents is 2. The Balaban J connectivity index is 0.000000164. The minimum absolute atomic E-state index is 0. The molecule has 0 fully saturated rings. The molecule has 12 nitrogen and oxygen atoms in total. The highest BCUT2D eigenvalue weighted by Gasteiger charge is 2.18. The molecule has 39 heavy (non-hydrogen) atoms. The number of aryl methyl sites for hydroxylation is 1. The Bertz CT molecular complexity index is 1360. The molecule has 3 aromatic carbocycles. The van der Waals surface area contributed by atoms with Gasteiger partial charge in [0.05, 0.1) is 53.1 Å². The molecule has 6 rings (SSSR count). The maximum Gasteiger partial charge on any atom is 0.273 e. The van der Waals surface area contributed by atoms with Crippen molar-refractivity contribution in [3.8, 4) is 17.2 Å². The molecule has 208 valence electrons. The van der Waals surface area contributed by atoms with Gasteiger partial charge in [-0.25, -0.2) is 0 Å². The van der Waals surface area contributed by atoms with Gasteiger partial charge in [-0.1, -0.05) is 0 Å². The number of likely N-dealkylation sites (N-methyl/N-ethyl adjacent to an activating group) is 2. The maximum atomic E-state index is 10.5. The zero-order valence-corrected chi connectivity index (χ0v) is 21.9. The van der Waals surface area contributed by atoms with Gasteiger partial charge in [0.25, 0.3) is 11.4 Å². The van der Waals surface area contributed by atoms with Crippen LogP contribution in [0.25, 0.3) is 0 Å². The number of nitro groups is 2. The predicted molar refractivity (Wildman–Crippen MR) is 151 cm³/mol. The molecule has 0 unspecified atom stereocenters. The summed E-state index contributed by atoms with van der Waals surface area (Å²) in [5.74, 6) is 2.15. The van der Waals surface area contributed by atoms with Crippen LogP contribution in [0.2, 0.25) is 0 Å². The lowest BCUT2D eigenvalue weighted by Gasteiger charge is -2.27. The van der Waals surface area contributed by atoms with Crippen LogP contribution in [0.3, 0.4) is 0 Å². The molecule has 0 saturated heterocycles. The van der Waals surface area contributed by atoms with Gasteiger partial charge in [-0.2, -0.15) is 0 Å². The fourth-order valence-corrected chi connectivity index (χ4v) is 4.28. The number of nitro benzene ring substituents is 2. The Morgan fingerprint density at radius 3 is 1.87 bits per heavy atom. The topological polar surface area (TPSA) is 146 Å². The maximum absolute atomic E-state index is 10.5. The second-order valence-electron chi connectivity index (χ2n) is 9.18. The minimum atomic E-state index is -0.418. The summed E-state index contributed by atoms with van der Waals surface area (Å²) in [6, 6.07) is 15.2. The van der Waals surface area contributed by atoms with Gasteiger partial charge in [-0.15, -0.1) is 0 Å². The van der Waals surface area contributed by atoms with Gasteiger partial charge >= 0.3 is 0 Å². The molecule has 3 aliphatic rings. The van der Waals surface area contributed by atoms with Crippen molar-refractivity contribution >= 4 is 28.4 Å². The number of ether oxygens (including phenoxy) is 3. The summed E-state index contributed by atoms with van der Waals surface area (Å²) in [5, 5.41) is 20.9. The lowest BCUT2D eigenvalue weighted by Crippen LogP contribution is -2.28. The number of fused-ring (bicyclic) bond motifs is 3. The molecule has 0 atom stereocenters. The zero-order chi connectivity index (χ0) is 27.9. The smallest absolute Gasteiger partial charge is 0.273 e. The zero-order valence-electron chi connectivity index (χ0n) is 21.9. The molecule has 0 amide bonds. The van der Waals surface area contributed by atoms with Crippen LogP contribution in [0.5, 0.6) is 17.2 Å². The van der Waals surface area contributed by atoms with Crippen molar-refractivity contribution in [3.63, 3.8) is 0 Å². The van der Waals surface area contributed by atoms with Crippen molar-refractivity contribution in [2.45, 2.75) is 12.8 Å². The highest BCUT2D eigenvalue weighted by atomic mass is 16.6. The fraction of sp³-hybridized carbons (Fsp3) is 0.333. The van der Waals surface area contributed by atoms with E-state index in [4.69, 9.17) is 19.9 Å². The van der Waals surface area contributed by atoms with Gasteiger partial charge in [0, 0.05) is 39.4 Å². The summed E-state index contributed by atoms with van der Waals surface area (Å²) in [7, 11) is 3.99. The summed E-state index contributed by atoms with van der Waals surface area (Å²) < 4.78 is 16.1. The summed E-state index contributed by atoms with van der Waals surface area (Å²) >= 11 is 0. The first-order chi connectivity index (χ1) is 18.7. The van der Waals surface area contributed by atoms with Crippen molar-refractivity contribution < 1.29 is 25.5 Å². The number of hydrogen-bond acceptors (Lipinski definition) is 10. The van der Waals surface area contributed by atoms with E-state index < -0.39 is 9.85 Å². The second kappa shape index (κ2) is 12.2. The molecule has 3 aromatic rings. The van der Waals surface area contributed by atoms with Gasteiger partial charge in [-0.05, 0) is 42.7 Å². The number of nitrogens with zero attached hydrogens (tertiary/aromatic N) is 4. The van der Waals surface area contributed by atoms with Gasteiger partial charge in [-0.3, -0.25) is 20.2 Å². The third-order valence-electron chi connectivity index (χ3n) is 6.44. The standard InChI is InChI=1S/C9H10N2O3.C9H12N2O.C9H9NO3.H2/c1-10-4-5-14-9-6-7(11(12)13)2-3-8(9)10;1-11-4-5-12-9-6-7(10)2-3-8(9)11;11-10(12)8-4-3-7-2-1-5-13-9(7)6-8;/h2-3,6H,4-5H2,1H3;2-3,6H,4-5,10H2,1H3;3-4,6H,1-2,5H2;1H. The monoisotopic (exact) mass is 539 g/mol. The predicted octanol–water partition coefficient (Wildman–Crippen LogP) is 4.69. The van der Waals surface area contributed by atoms with E-state index in [1.807, 2.05) is 30.1 Å². The molecule has 2 N–H and O–H groups in total. The fourth-order valence-electron chi connectivity index (χ4n) is 4.28. The highest BCUT2D eigenvalue weighted by molar-refractivity contribution is 5.65. The molecule has 0 aliphatic carbocycles. The Hall–Kier alpha value is -4.74. The Morgan fingerprint density at radius 1 is 0.744 bits per heavy atom. The van der Waals surface area contributed by atoms with Crippen LogP contribution in [0.15, 0.2) is 54.6 Å². The van der Waals surface area contributed by atoms with Crippen molar-refractivity contribution in [1.29, 1.82) is 0 Å². The van der Waals surface area contributed by atoms with Crippen molar-refractivity contribution in [2.24, 2.45) is 0 Å². The molecule has 3 aliphatic heterocycles. The average molecular weight is 540 g/mol.